The van der Waals surface area contributed by atoms with Crippen LogP contribution < -0.4 is 0 Å². The van der Waals surface area contributed by atoms with Crippen LogP contribution in [0.5, 0.6) is 0 Å². The van der Waals surface area contributed by atoms with Crippen LogP contribution >= 0.6 is 11.8 Å². The molecule has 0 radical (unpaired) electrons. The van der Waals surface area contributed by atoms with E-state index in [1.807, 2.05) is 19.1 Å². The van der Waals surface area contributed by atoms with E-state index in [2.05, 4.69) is 6.07 Å². The third-order valence-corrected chi connectivity index (χ3v) is 3.74. The maximum absolute atomic E-state index is 12.0. The zero-order valence-electron chi connectivity index (χ0n) is 11.9. The van der Waals surface area contributed by atoms with Gasteiger partial charge in [-0.25, -0.2) is 0 Å². The fourth-order valence-electron chi connectivity index (χ4n) is 1.75. The fraction of sp³-hybridized carbons (Fsp3) is 0.400. The van der Waals surface area contributed by atoms with Crippen LogP contribution in [0.25, 0.3) is 0 Å². The van der Waals surface area contributed by atoms with Crippen molar-refractivity contribution in [3.8, 4) is 6.07 Å². The third-order valence-electron chi connectivity index (χ3n) is 2.75. The average Bonchev–Trinajstić information content (AvgIpc) is 2.47. The molecule has 0 saturated carbocycles. The number of amides is 1. The first-order valence-electron chi connectivity index (χ1n) is 6.63. The Balaban J connectivity index is 2.43. The van der Waals surface area contributed by atoms with E-state index in [-0.39, 0.29) is 18.2 Å². The molecule has 0 spiro atoms. The van der Waals surface area contributed by atoms with Gasteiger partial charge in [-0.1, -0.05) is 19.1 Å². The van der Waals surface area contributed by atoms with Crippen molar-refractivity contribution in [3.63, 3.8) is 0 Å². The van der Waals surface area contributed by atoms with E-state index in [4.69, 9.17) is 10.4 Å². The van der Waals surface area contributed by atoms with Gasteiger partial charge in [-0.15, -0.1) is 11.8 Å². The molecule has 1 amide bonds. The Kier molecular flexibility index (Phi) is 7.33. The van der Waals surface area contributed by atoms with Crippen LogP contribution in [0.4, 0.5) is 0 Å². The molecule has 5 nitrogen and oxygen atoms in total. The Morgan fingerprint density at radius 3 is 2.52 bits per heavy atom. The number of carboxylic acids is 1. The lowest BCUT2D eigenvalue weighted by Gasteiger charge is -2.19. The quantitative estimate of drug-likeness (QED) is 0.795. The molecule has 1 aromatic carbocycles. The van der Waals surface area contributed by atoms with Gasteiger partial charge in [-0.2, -0.15) is 5.26 Å². The molecule has 112 valence electrons. The minimum absolute atomic E-state index is 0.155. The van der Waals surface area contributed by atoms with Gasteiger partial charge in [-0.3, -0.25) is 9.59 Å². The predicted molar refractivity (Wildman–Crippen MR) is 81.8 cm³/mol. The number of benzene rings is 1. The summed E-state index contributed by atoms with van der Waals surface area (Å²) in [5.74, 6) is -0.232. The molecule has 0 aliphatic heterocycles. The number of hydrogen-bond donors (Lipinski definition) is 1. The lowest BCUT2D eigenvalue weighted by Crippen LogP contribution is -2.37. The van der Waals surface area contributed by atoms with Crippen molar-refractivity contribution in [2.24, 2.45) is 0 Å². The minimum atomic E-state index is -0.992. The van der Waals surface area contributed by atoms with Gasteiger partial charge in [0, 0.05) is 12.3 Å². The van der Waals surface area contributed by atoms with Crippen molar-refractivity contribution in [2.45, 2.75) is 19.1 Å². The summed E-state index contributed by atoms with van der Waals surface area (Å²) >= 11 is 1.44. The maximum atomic E-state index is 12.0. The van der Waals surface area contributed by atoms with Gasteiger partial charge in [0.05, 0.1) is 17.4 Å². The summed E-state index contributed by atoms with van der Waals surface area (Å²) in [4.78, 5) is 24.0. The van der Waals surface area contributed by atoms with Crippen molar-refractivity contribution in [3.05, 3.63) is 35.4 Å². The van der Waals surface area contributed by atoms with E-state index in [1.165, 1.54) is 16.7 Å². The van der Waals surface area contributed by atoms with E-state index in [0.717, 1.165) is 12.0 Å². The van der Waals surface area contributed by atoms with Crippen LogP contribution in [0, 0.1) is 11.3 Å². The van der Waals surface area contributed by atoms with Crippen molar-refractivity contribution in [1.29, 1.82) is 5.26 Å². The maximum Gasteiger partial charge on any atom is 0.323 e. The van der Waals surface area contributed by atoms with Crippen molar-refractivity contribution in [2.75, 3.05) is 18.8 Å². The summed E-state index contributed by atoms with van der Waals surface area (Å²) in [7, 11) is 0. The van der Waals surface area contributed by atoms with Gasteiger partial charge < -0.3 is 10.0 Å². The van der Waals surface area contributed by atoms with Gasteiger partial charge in [0.1, 0.15) is 6.54 Å². The predicted octanol–water partition coefficient (Wildman–Crippen LogP) is 2.11. The van der Waals surface area contributed by atoms with Gasteiger partial charge in [-0.05, 0) is 24.1 Å². The second kappa shape index (κ2) is 9.03. The highest BCUT2D eigenvalue weighted by Crippen LogP contribution is 2.13. The molecule has 0 aliphatic rings. The summed E-state index contributed by atoms with van der Waals surface area (Å²) in [6.07, 6.45) is 0.735. The number of rotatable bonds is 8. The zero-order valence-corrected chi connectivity index (χ0v) is 12.7. The first-order chi connectivity index (χ1) is 10.1. The summed E-state index contributed by atoms with van der Waals surface area (Å²) in [5, 5.41) is 17.5. The summed E-state index contributed by atoms with van der Waals surface area (Å²) in [6, 6.07) is 9.25. The number of hydrogen-bond acceptors (Lipinski definition) is 4. The smallest absolute Gasteiger partial charge is 0.323 e. The van der Waals surface area contributed by atoms with Crippen molar-refractivity contribution in [1.82, 2.24) is 4.90 Å². The van der Waals surface area contributed by atoms with Crippen LogP contribution in [-0.2, 0) is 15.3 Å². The molecule has 1 aromatic rings. The summed E-state index contributed by atoms with van der Waals surface area (Å²) in [5.41, 5.74) is 1.64. The van der Waals surface area contributed by atoms with Gasteiger partial charge in [0.25, 0.3) is 0 Å². The number of nitriles is 1. The number of carbonyl (C=O) groups is 2. The average molecular weight is 306 g/mol. The van der Waals surface area contributed by atoms with E-state index < -0.39 is 5.97 Å². The molecule has 0 saturated heterocycles. The SMILES string of the molecule is CCCN(CC(=O)O)C(=O)CSCc1ccc(C#N)cc1. The molecular formula is C15H18N2O3S. The molecule has 1 rings (SSSR count). The summed E-state index contributed by atoms with van der Waals surface area (Å²) in [6.45, 7) is 2.12. The van der Waals surface area contributed by atoms with Crippen LogP contribution in [0.15, 0.2) is 24.3 Å². The topological polar surface area (TPSA) is 81.4 Å². The molecule has 6 heteroatoms. The van der Waals surface area contributed by atoms with Crippen LogP contribution in [-0.4, -0.2) is 40.7 Å². The van der Waals surface area contributed by atoms with Gasteiger partial charge in [0.15, 0.2) is 0 Å². The minimum Gasteiger partial charge on any atom is -0.480 e. The highest BCUT2D eigenvalue weighted by atomic mass is 32.2. The monoisotopic (exact) mass is 306 g/mol. The van der Waals surface area contributed by atoms with Crippen LogP contribution in [0.1, 0.15) is 24.5 Å². The van der Waals surface area contributed by atoms with E-state index in [0.29, 0.717) is 17.9 Å². The Hall–Kier alpha value is -2.00. The standard InChI is InChI=1S/C15H18N2O3S/c1-2-7-17(9-15(19)20)14(18)11-21-10-13-5-3-12(8-16)4-6-13/h3-6H,2,7,9-11H2,1H3,(H,19,20). The normalized spacial score (nSPS) is 9.90. The first kappa shape index (κ1) is 17.1. The fourth-order valence-corrected chi connectivity index (χ4v) is 2.64. The Morgan fingerprint density at radius 1 is 1.33 bits per heavy atom. The Bertz CT molecular complexity index is 523. The molecule has 21 heavy (non-hydrogen) atoms. The van der Waals surface area contributed by atoms with E-state index >= 15 is 0 Å². The zero-order chi connectivity index (χ0) is 15.7. The molecular weight excluding hydrogens is 288 g/mol. The number of aliphatic carboxylic acids is 1. The summed E-state index contributed by atoms with van der Waals surface area (Å²) < 4.78 is 0. The molecule has 0 aliphatic carbocycles. The molecule has 0 aromatic heterocycles. The number of thioether (sulfide) groups is 1. The highest BCUT2D eigenvalue weighted by Gasteiger charge is 2.15. The number of nitrogens with zero attached hydrogens (tertiary/aromatic N) is 2. The van der Waals surface area contributed by atoms with Crippen molar-refractivity contribution >= 4 is 23.6 Å². The number of carboxylic acid groups (broad SMARTS) is 1. The second-order valence-electron chi connectivity index (χ2n) is 4.51. The number of carbonyl (C=O) groups excluding carboxylic acids is 1. The van der Waals surface area contributed by atoms with Gasteiger partial charge in [0.2, 0.25) is 5.91 Å². The van der Waals surface area contributed by atoms with Crippen molar-refractivity contribution < 1.29 is 14.7 Å². The molecule has 0 atom stereocenters. The Labute approximate surface area is 128 Å². The molecule has 0 fully saturated rings. The van der Waals surface area contributed by atoms with Crippen LogP contribution in [0.2, 0.25) is 0 Å². The third kappa shape index (κ3) is 6.32. The van der Waals surface area contributed by atoms with Gasteiger partial charge >= 0.3 is 5.97 Å². The van der Waals surface area contributed by atoms with Crippen LogP contribution in [0.3, 0.4) is 0 Å². The molecule has 0 unspecified atom stereocenters. The van der Waals surface area contributed by atoms with E-state index in [9.17, 15) is 9.59 Å². The molecule has 1 N–H and O–H groups in total. The second-order valence-corrected chi connectivity index (χ2v) is 5.50. The first-order valence-corrected chi connectivity index (χ1v) is 7.78. The largest absolute Gasteiger partial charge is 0.480 e. The molecule has 0 heterocycles. The van der Waals surface area contributed by atoms with E-state index in [1.54, 1.807) is 12.1 Å². The highest BCUT2D eigenvalue weighted by molar-refractivity contribution is 7.99. The Morgan fingerprint density at radius 2 is 2.00 bits per heavy atom. The molecule has 0 bridgehead atoms. The lowest BCUT2D eigenvalue weighted by molar-refractivity contribution is -0.143. The lowest BCUT2D eigenvalue weighted by atomic mass is 10.2.